The number of amides is 1. The number of ether oxygens (including phenoxy) is 1. The second kappa shape index (κ2) is 7.95. The molecule has 0 aliphatic heterocycles. The smallest absolute Gasteiger partial charge is 0.262 e. The molecular weight excluding hydrogens is 305 g/mol. The van der Waals surface area contributed by atoms with Gasteiger partial charge in [-0.25, -0.2) is 4.39 Å². The van der Waals surface area contributed by atoms with Gasteiger partial charge in [0.05, 0.1) is 0 Å². The number of halogens is 1. The minimum absolute atomic E-state index is 0.0777. The molecular formula is C20H24FNO2. The highest BCUT2D eigenvalue weighted by atomic mass is 19.1. The van der Waals surface area contributed by atoms with E-state index in [1.807, 2.05) is 18.2 Å². The standard InChI is InChI=1S/C20H24FNO2/c1-13(2)15-8-7-9-16(14(3)4)20(15)22-19(23)12-24-18-11-6-5-10-17(18)21/h5-11,13-14H,12H2,1-4H3,(H,22,23). The summed E-state index contributed by atoms with van der Waals surface area (Å²) in [6.45, 7) is 8.12. The van der Waals surface area contributed by atoms with Crippen LogP contribution in [0.1, 0.15) is 50.7 Å². The Morgan fingerprint density at radius 3 is 2.12 bits per heavy atom. The van der Waals surface area contributed by atoms with E-state index >= 15 is 0 Å². The van der Waals surface area contributed by atoms with E-state index in [2.05, 4.69) is 33.0 Å². The van der Waals surface area contributed by atoms with Crippen molar-refractivity contribution in [2.24, 2.45) is 0 Å². The molecule has 2 aromatic rings. The molecule has 0 fully saturated rings. The summed E-state index contributed by atoms with van der Waals surface area (Å²) in [6.07, 6.45) is 0. The first-order valence-corrected chi connectivity index (χ1v) is 8.20. The Morgan fingerprint density at radius 2 is 1.58 bits per heavy atom. The molecule has 128 valence electrons. The van der Waals surface area contributed by atoms with Crippen LogP contribution in [0.15, 0.2) is 42.5 Å². The third kappa shape index (κ3) is 4.34. The number of nitrogens with one attached hydrogen (secondary N) is 1. The number of para-hydroxylation sites is 2. The van der Waals surface area contributed by atoms with Gasteiger partial charge in [-0.15, -0.1) is 0 Å². The second-order valence-electron chi connectivity index (χ2n) is 6.39. The maximum Gasteiger partial charge on any atom is 0.262 e. The minimum Gasteiger partial charge on any atom is -0.481 e. The normalized spacial score (nSPS) is 11.0. The molecule has 0 radical (unpaired) electrons. The predicted molar refractivity (Wildman–Crippen MR) is 95.1 cm³/mol. The Kier molecular flexibility index (Phi) is 5.96. The van der Waals surface area contributed by atoms with Crippen molar-refractivity contribution < 1.29 is 13.9 Å². The third-order valence-electron chi connectivity index (χ3n) is 3.83. The number of carbonyl (C=O) groups excluding carboxylic acids is 1. The van der Waals surface area contributed by atoms with Gasteiger partial charge < -0.3 is 10.1 Å². The molecule has 2 rings (SSSR count). The zero-order valence-electron chi connectivity index (χ0n) is 14.6. The molecule has 4 heteroatoms. The highest BCUT2D eigenvalue weighted by Crippen LogP contribution is 2.32. The summed E-state index contributed by atoms with van der Waals surface area (Å²) in [7, 11) is 0. The van der Waals surface area contributed by atoms with Crippen LogP contribution in [0, 0.1) is 5.82 Å². The van der Waals surface area contributed by atoms with Gasteiger partial charge in [-0.2, -0.15) is 0 Å². The predicted octanol–water partition coefficient (Wildman–Crippen LogP) is 5.09. The zero-order chi connectivity index (χ0) is 17.7. The quantitative estimate of drug-likeness (QED) is 0.801. The summed E-state index contributed by atoms with van der Waals surface area (Å²) in [5.41, 5.74) is 3.01. The van der Waals surface area contributed by atoms with Crippen LogP contribution in [0.3, 0.4) is 0 Å². The number of anilines is 1. The summed E-state index contributed by atoms with van der Waals surface area (Å²) in [6, 6.07) is 12.1. The van der Waals surface area contributed by atoms with Gasteiger partial charge in [0.15, 0.2) is 18.2 Å². The number of benzene rings is 2. The largest absolute Gasteiger partial charge is 0.481 e. The van der Waals surface area contributed by atoms with E-state index in [1.54, 1.807) is 12.1 Å². The van der Waals surface area contributed by atoms with Crippen LogP contribution in [0.2, 0.25) is 0 Å². The topological polar surface area (TPSA) is 38.3 Å². The molecule has 0 heterocycles. The first-order chi connectivity index (χ1) is 11.4. The third-order valence-corrected chi connectivity index (χ3v) is 3.83. The van der Waals surface area contributed by atoms with Crippen molar-refractivity contribution in [2.45, 2.75) is 39.5 Å². The number of carbonyl (C=O) groups is 1. The average molecular weight is 329 g/mol. The molecule has 0 bridgehead atoms. The average Bonchev–Trinajstić information content (AvgIpc) is 2.53. The molecule has 1 amide bonds. The van der Waals surface area contributed by atoms with Crippen molar-refractivity contribution >= 4 is 11.6 Å². The van der Waals surface area contributed by atoms with Gasteiger partial charge in [-0.05, 0) is 35.1 Å². The Labute approximate surface area is 142 Å². The molecule has 24 heavy (non-hydrogen) atoms. The first-order valence-electron chi connectivity index (χ1n) is 8.20. The summed E-state index contributed by atoms with van der Waals surface area (Å²) in [5.74, 6) is -0.129. The fourth-order valence-electron chi connectivity index (χ4n) is 2.58. The second-order valence-corrected chi connectivity index (χ2v) is 6.39. The number of rotatable bonds is 6. The Balaban J connectivity index is 2.15. The van der Waals surface area contributed by atoms with E-state index in [0.29, 0.717) is 0 Å². The molecule has 0 atom stereocenters. The van der Waals surface area contributed by atoms with Gasteiger partial charge in [-0.1, -0.05) is 58.0 Å². The van der Waals surface area contributed by atoms with Crippen LogP contribution >= 0.6 is 0 Å². The fraction of sp³-hybridized carbons (Fsp3) is 0.350. The van der Waals surface area contributed by atoms with E-state index in [4.69, 9.17) is 4.74 Å². The van der Waals surface area contributed by atoms with Gasteiger partial charge in [-0.3, -0.25) is 4.79 Å². The lowest BCUT2D eigenvalue weighted by molar-refractivity contribution is -0.118. The highest BCUT2D eigenvalue weighted by molar-refractivity contribution is 5.93. The van der Waals surface area contributed by atoms with Crippen molar-refractivity contribution in [3.8, 4) is 5.75 Å². The van der Waals surface area contributed by atoms with Crippen molar-refractivity contribution in [1.82, 2.24) is 0 Å². The highest BCUT2D eigenvalue weighted by Gasteiger charge is 2.16. The molecule has 3 nitrogen and oxygen atoms in total. The summed E-state index contributed by atoms with van der Waals surface area (Å²) in [4.78, 5) is 12.3. The summed E-state index contributed by atoms with van der Waals surface area (Å²) < 4.78 is 18.8. The fourth-order valence-corrected chi connectivity index (χ4v) is 2.58. The van der Waals surface area contributed by atoms with Crippen molar-refractivity contribution in [2.75, 3.05) is 11.9 Å². The van der Waals surface area contributed by atoms with Crippen molar-refractivity contribution in [3.05, 3.63) is 59.4 Å². The first kappa shape index (κ1) is 18.0. The van der Waals surface area contributed by atoms with Crippen molar-refractivity contribution in [1.29, 1.82) is 0 Å². The molecule has 1 N–H and O–H groups in total. The van der Waals surface area contributed by atoms with Crippen molar-refractivity contribution in [3.63, 3.8) is 0 Å². The van der Waals surface area contributed by atoms with E-state index in [-0.39, 0.29) is 30.1 Å². The van der Waals surface area contributed by atoms with Crippen LogP contribution in [0.4, 0.5) is 10.1 Å². The Bertz CT molecular complexity index is 684. The number of hydrogen-bond acceptors (Lipinski definition) is 2. The molecule has 0 saturated heterocycles. The Morgan fingerprint density at radius 1 is 1.00 bits per heavy atom. The van der Waals surface area contributed by atoms with Crippen LogP contribution in [-0.4, -0.2) is 12.5 Å². The van der Waals surface area contributed by atoms with Gasteiger partial charge in [0.25, 0.3) is 5.91 Å². The van der Waals surface area contributed by atoms with Gasteiger partial charge in [0.2, 0.25) is 0 Å². The lowest BCUT2D eigenvalue weighted by Gasteiger charge is -2.20. The SMILES string of the molecule is CC(C)c1cccc(C(C)C)c1NC(=O)COc1ccccc1F. The van der Waals surface area contributed by atoms with Gasteiger partial charge in [0, 0.05) is 5.69 Å². The molecule has 0 aliphatic carbocycles. The van der Waals surface area contributed by atoms with Crippen LogP contribution in [0.25, 0.3) is 0 Å². The van der Waals surface area contributed by atoms with E-state index in [0.717, 1.165) is 16.8 Å². The Hall–Kier alpha value is -2.36. The molecule has 0 aromatic heterocycles. The zero-order valence-corrected chi connectivity index (χ0v) is 14.6. The minimum atomic E-state index is -0.476. The lowest BCUT2D eigenvalue weighted by Crippen LogP contribution is -2.22. The van der Waals surface area contributed by atoms with Crippen LogP contribution < -0.4 is 10.1 Å². The molecule has 0 aliphatic rings. The molecule has 0 saturated carbocycles. The molecule has 0 unspecified atom stereocenters. The molecule has 2 aromatic carbocycles. The summed E-state index contributed by atoms with van der Waals surface area (Å²) >= 11 is 0. The monoisotopic (exact) mass is 329 g/mol. The summed E-state index contributed by atoms with van der Waals surface area (Å²) in [5, 5.41) is 2.95. The van der Waals surface area contributed by atoms with Crippen LogP contribution in [-0.2, 0) is 4.79 Å². The van der Waals surface area contributed by atoms with Gasteiger partial charge >= 0.3 is 0 Å². The number of hydrogen-bond donors (Lipinski definition) is 1. The maximum atomic E-state index is 13.6. The van der Waals surface area contributed by atoms with E-state index in [9.17, 15) is 9.18 Å². The van der Waals surface area contributed by atoms with E-state index < -0.39 is 5.82 Å². The van der Waals surface area contributed by atoms with E-state index in [1.165, 1.54) is 12.1 Å². The molecule has 0 spiro atoms. The lowest BCUT2D eigenvalue weighted by atomic mass is 9.92. The van der Waals surface area contributed by atoms with Crippen LogP contribution in [0.5, 0.6) is 5.75 Å². The van der Waals surface area contributed by atoms with Gasteiger partial charge in [0.1, 0.15) is 0 Å². The maximum absolute atomic E-state index is 13.6.